The van der Waals surface area contributed by atoms with E-state index in [-0.39, 0.29) is 0 Å². The van der Waals surface area contributed by atoms with Gasteiger partial charge in [0.25, 0.3) is 0 Å². The topological polar surface area (TPSA) is 0 Å². The Kier molecular flexibility index (Phi) is 5.95. The second-order valence-corrected chi connectivity index (χ2v) is 18.9. The molecule has 1 heterocycles. The van der Waals surface area contributed by atoms with Crippen molar-refractivity contribution < 1.29 is 0 Å². The molecule has 1 heteroatoms. The summed E-state index contributed by atoms with van der Waals surface area (Å²) >= 11 is -2.40. The summed E-state index contributed by atoms with van der Waals surface area (Å²) in [6.07, 6.45) is 12.5. The molecular formula is C19H28Sn. The SMILES string of the molecule is CCC[CH2][Sn]1([CH2]CCC)[C](C)=CC=Cc2cccc[c]21. The molecule has 0 atom stereocenters. The third-order valence-corrected chi connectivity index (χ3v) is 20.7. The van der Waals surface area contributed by atoms with Gasteiger partial charge in [-0.1, -0.05) is 0 Å². The molecule has 0 N–H and O–H groups in total. The summed E-state index contributed by atoms with van der Waals surface area (Å²) in [5.41, 5.74) is 1.50. The Bertz CT molecular complexity index is 488. The third kappa shape index (κ3) is 3.21. The summed E-state index contributed by atoms with van der Waals surface area (Å²) in [7, 11) is 0. The van der Waals surface area contributed by atoms with Gasteiger partial charge >= 0.3 is 129 Å². The molecule has 2 rings (SSSR count). The van der Waals surface area contributed by atoms with E-state index in [0.29, 0.717) is 0 Å². The monoisotopic (exact) mass is 376 g/mol. The van der Waals surface area contributed by atoms with Gasteiger partial charge < -0.3 is 0 Å². The van der Waals surface area contributed by atoms with Crippen LogP contribution < -0.4 is 3.58 Å². The second kappa shape index (κ2) is 7.49. The van der Waals surface area contributed by atoms with E-state index in [9.17, 15) is 0 Å². The Morgan fingerprint density at radius 3 is 2.25 bits per heavy atom. The van der Waals surface area contributed by atoms with Gasteiger partial charge in [-0.05, 0) is 0 Å². The van der Waals surface area contributed by atoms with Crippen LogP contribution in [-0.4, -0.2) is 18.4 Å². The molecule has 1 aromatic carbocycles. The summed E-state index contributed by atoms with van der Waals surface area (Å²) in [5, 5.41) is 0. The zero-order valence-corrected chi connectivity index (χ0v) is 16.1. The minimum atomic E-state index is -2.40. The van der Waals surface area contributed by atoms with Gasteiger partial charge in [-0.15, -0.1) is 0 Å². The van der Waals surface area contributed by atoms with E-state index in [1.807, 2.05) is 0 Å². The maximum atomic E-state index is 2.45. The fourth-order valence-corrected chi connectivity index (χ4v) is 19.1. The van der Waals surface area contributed by atoms with Crippen molar-refractivity contribution in [2.45, 2.75) is 55.3 Å². The van der Waals surface area contributed by atoms with E-state index in [0.717, 1.165) is 0 Å². The van der Waals surface area contributed by atoms with E-state index >= 15 is 0 Å². The van der Waals surface area contributed by atoms with Gasteiger partial charge in [-0.25, -0.2) is 0 Å². The average molecular weight is 375 g/mol. The first-order chi connectivity index (χ1) is 9.74. The van der Waals surface area contributed by atoms with Gasteiger partial charge in [0.15, 0.2) is 0 Å². The van der Waals surface area contributed by atoms with E-state index in [1.54, 1.807) is 7.17 Å². The van der Waals surface area contributed by atoms with Crippen LogP contribution in [0.2, 0.25) is 8.87 Å². The number of hydrogen-bond acceptors (Lipinski definition) is 0. The quantitative estimate of drug-likeness (QED) is 0.580. The predicted molar refractivity (Wildman–Crippen MR) is 94.1 cm³/mol. The summed E-state index contributed by atoms with van der Waals surface area (Å²) < 4.78 is 6.49. The summed E-state index contributed by atoms with van der Waals surface area (Å²) in [6.45, 7) is 7.09. The molecule has 20 heavy (non-hydrogen) atoms. The average Bonchev–Trinajstić information content (AvgIpc) is 2.61. The molecule has 0 aliphatic carbocycles. The first-order valence-corrected chi connectivity index (χ1v) is 15.1. The number of rotatable bonds is 6. The summed E-state index contributed by atoms with van der Waals surface area (Å²) in [6, 6.07) is 9.22. The number of allylic oxidation sites excluding steroid dienone is 3. The Labute approximate surface area is 128 Å². The number of hydrogen-bond donors (Lipinski definition) is 0. The summed E-state index contributed by atoms with van der Waals surface area (Å²) in [4.78, 5) is 0. The van der Waals surface area contributed by atoms with Crippen LogP contribution >= 0.6 is 0 Å². The van der Waals surface area contributed by atoms with Gasteiger partial charge in [0.05, 0.1) is 0 Å². The van der Waals surface area contributed by atoms with Crippen molar-refractivity contribution in [3.05, 3.63) is 45.6 Å². The molecule has 0 nitrogen and oxygen atoms in total. The Balaban J connectivity index is 2.50. The van der Waals surface area contributed by atoms with Crippen LogP contribution in [-0.2, 0) is 0 Å². The van der Waals surface area contributed by atoms with Crippen molar-refractivity contribution in [2.24, 2.45) is 0 Å². The van der Waals surface area contributed by atoms with Crippen LogP contribution in [0.25, 0.3) is 6.08 Å². The van der Waals surface area contributed by atoms with Crippen molar-refractivity contribution in [3.8, 4) is 0 Å². The normalized spacial score (nSPS) is 16.4. The molecule has 1 aromatic rings. The zero-order chi connectivity index (χ0) is 14.4. The number of benzene rings is 1. The maximum absolute atomic E-state index is 2.45. The molecule has 0 aromatic heterocycles. The Hall–Kier alpha value is -0.501. The molecule has 0 fully saturated rings. The van der Waals surface area contributed by atoms with Crippen molar-refractivity contribution in [3.63, 3.8) is 0 Å². The molecule has 0 bridgehead atoms. The standard InChI is InChI=1S/C11H10.2C4H9.Sn/c1-2-3-5-8-11-9-6-4-7-10-11;2*1-3-4-2;/h3-9H,1H3;2*1,3-4H2,2H3;. The fourth-order valence-electron chi connectivity index (χ4n) is 3.49. The Morgan fingerprint density at radius 1 is 0.950 bits per heavy atom. The van der Waals surface area contributed by atoms with E-state index < -0.39 is 18.4 Å². The number of fused-ring (bicyclic) bond motifs is 1. The summed E-state index contributed by atoms with van der Waals surface area (Å²) in [5.74, 6) is 0. The molecule has 1 aliphatic rings. The van der Waals surface area contributed by atoms with Gasteiger partial charge in [0.2, 0.25) is 0 Å². The molecule has 0 spiro atoms. The molecule has 0 radical (unpaired) electrons. The van der Waals surface area contributed by atoms with Gasteiger partial charge in [-0.2, -0.15) is 0 Å². The van der Waals surface area contributed by atoms with Gasteiger partial charge in [-0.3, -0.25) is 0 Å². The predicted octanol–water partition coefficient (Wildman–Crippen LogP) is 5.45. The minimum absolute atomic E-state index is 1.33. The molecule has 108 valence electrons. The molecule has 0 amide bonds. The zero-order valence-electron chi connectivity index (χ0n) is 13.3. The van der Waals surface area contributed by atoms with Crippen molar-refractivity contribution in [1.82, 2.24) is 0 Å². The molecular weight excluding hydrogens is 347 g/mol. The first-order valence-electron chi connectivity index (χ1n) is 8.19. The molecule has 1 aliphatic heterocycles. The third-order valence-electron chi connectivity index (χ3n) is 4.77. The van der Waals surface area contributed by atoms with Crippen LogP contribution in [0.5, 0.6) is 0 Å². The van der Waals surface area contributed by atoms with Crippen LogP contribution in [0.3, 0.4) is 0 Å². The van der Waals surface area contributed by atoms with Gasteiger partial charge in [0.1, 0.15) is 0 Å². The van der Waals surface area contributed by atoms with Crippen molar-refractivity contribution >= 4 is 28.0 Å². The number of unbranched alkanes of at least 4 members (excludes halogenated alkanes) is 2. The first kappa shape index (κ1) is 15.9. The molecule has 0 saturated heterocycles. The van der Waals surface area contributed by atoms with Crippen LogP contribution in [0.15, 0.2) is 40.0 Å². The van der Waals surface area contributed by atoms with Crippen LogP contribution in [0, 0.1) is 0 Å². The molecule has 0 saturated carbocycles. The fraction of sp³-hybridized carbons (Fsp3) is 0.474. The van der Waals surface area contributed by atoms with Crippen molar-refractivity contribution in [2.75, 3.05) is 0 Å². The van der Waals surface area contributed by atoms with Crippen LogP contribution in [0.1, 0.15) is 52.0 Å². The van der Waals surface area contributed by atoms with Gasteiger partial charge in [0, 0.05) is 0 Å². The van der Waals surface area contributed by atoms with Crippen molar-refractivity contribution in [1.29, 1.82) is 0 Å². The van der Waals surface area contributed by atoms with Crippen LogP contribution in [0.4, 0.5) is 0 Å². The van der Waals surface area contributed by atoms with E-state index in [2.05, 4.69) is 63.3 Å². The van der Waals surface area contributed by atoms with E-state index in [1.165, 1.54) is 40.1 Å². The second-order valence-electron chi connectivity index (χ2n) is 6.09. The van der Waals surface area contributed by atoms with E-state index in [4.69, 9.17) is 0 Å². The Morgan fingerprint density at radius 2 is 1.60 bits per heavy atom. The molecule has 0 unspecified atom stereocenters.